The van der Waals surface area contributed by atoms with E-state index in [1.165, 1.54) is 0 Å². The molecule has 0 spiro atoms. The van der Waals surface area contributed by atoms with Gasteiger partial charge in [-0.2, -0.15) is 5.10 Å². The largest absolute Gasteiger partial charge is 0.367 e. The van der Waals surface area contributed by atoms with E-state index in [0.29, 0.717) is 24.8 Å². The number of carbonyl (C=O) groups is 1. The number of morpholine rings is 1. The van der Waals surface area contributed by atoms with Crippen molar-refractivity contribution in [1.82, 2.24) is 14.7 Å². The van der Waals surface area contributed by atoms with Crippen LogP contribution < -0.4 is 0 Å². The number of rotatable bonds is 3. The lowest BCUT2D eigenvalue weighted by Crippen LogP contribution is -2.48. The molecule has 0 N–H and O–H groups in total. The molecule has 1 saturated heterocycles. The zero-order valence-corrected chi connectivity index (χ0v) is 10.6. The quantitative estimate of drug-likeness (QED) is 0.726. The fourth-order valence-corrected chi connectivity index (χ4v) is 2.03. The van der Waals surface area contributed by atoms with Gasteiger partial charge in [-0.25, -0.2) is 0 Å². The van der Waals surface area contributed by atoms with Crippen LogP contribution >= 0.6 is 0 Å². The van der Waals surface area contributed by atoms with E-state index in [9.17, 15) is 4.79 Å². The van der Waals surface area contributed by atoms with E-state index in [0.717, 1.165) is 6.54 Å². The lowest BCUT2D eigenvalue weighted by Gasteiger charge is -2.34. The van der Waals surface area contributed by atoms with Crippen molar-refractivity contribution in [2.24, 2.45) is 7.05 Å². The second-order valence-corrected chi connectivity index (χ2v) is 4.72. The molecule has 0 aliphatic carbocycles. The fourth-order valence-electron chi connectivity index (χ4n) is 2.03. The Hall–Kier alpha value is -1.20. The van der Waals surface area contributed by atoms with Gasteiger partial charge in [0.2, 0.25) is 0 Å². The maximum atomic E-state index is 12.2. The number of aromatic nitrogens is 2. The molecule has 1 aliphatic rings. The van der Waals surface area contributed by atoms with Gasteiger partial charge in [-0.1, -0.05) is 0 Å². The number of hydrogen-bond donors (Lipinski definition) is 0. The van der Waals surface area contributed by atoms with Crippen molar-refractivity contribution in [2.75, 3.05) is 19.7 Å². The lowest BCUT2D eigenvalue weighted by molar-refractivity contribution is -0.0256. The van der Waals surface area contributed by atoms with E-state index in [1.807, 2.05) is 0 Å². The molecule has 5 heteroatoms. The van der Waals surface area contributed by atoms with E-state index in [2.05, 4.69) is 23.8 Å². The SMILES string of the molecule is CC(C)N1CCOC(C(=O)c2cnn(C)c2)C1. The minimum Gasteiger partial charge on any atom is -0.367 e. The first-order chi connectivity index (χ1) is 8.08. The molecule has 1 fully saturated rings. The third-order valence-corrected chi connectivity index (χ3v) is 3.11. The van der Waals surface area contributed by atoms with E-state index in [1.54, 1.807) is 24.1 Å². The third-order valence-electron chi connectivity index (χ3n) is 3.11. The summed E-state index contributed by atoms with van der Waals surface area (Å²) in [5, 5.41) is 4.01. The molecule has 1 aromatic heterocycles. The second-order valence-electron chi connectivity index (χ2n) is 4.72. The van der Waals surface area contributed by atoms with Crippen molar-refractivity contribution in [2.45, 2.75) is 26.0 Å². The normalized spacial score (nSPS) is 22.0. The Morgan fingerprint density at radius 2 is 2.35 bits per heavy atom. The Balaban J connectivity index is 2.04. The van der Waals surface area contributed by atoms with Crippen LogP contribution in [0.3, 0.4) is 0 Å². The third kappa shape index (κ3) is 2.73. The zero-order chi connectivity index (χ0) is 12.4. The van der Waals surface area contributed by atoms with Crippen LogP contribution in [0.25, 0.3) is 0 Å². The van der Waals surface area contributed by atoms with E-state index < -0.39 is 0 Å². The molecule has 0 aromatic carbocycles. The van der Waals surface area contributed by atoms with Gasteiger partial charge in [-0.15, -0.1) is 0 Å². The van der Waals surface area contributed by atoms with Gasteiger partial charge < -0.3 is 4.74 Å². The predicted molar refractivity (Wildman–Crippen MR) is 64.0 cm³/mol. The van der Waals surface area contributed by atoms with E-state index >= 15 is 0 Å². The number of aryl methyl sites for hydroxylation is 1. The van der Waals surface area contributed by atoms with Crippen molar-refractivity contribution in [3.8, 4) is 0 Å². The molecule has 1 aromatic rings. The Morgan fingerprint density at radius 1 is 1.59 bits per heavy atom. The molecule has 0 radical (unpaired) electrons. The number of ether oxygens (including phenoxy) is 1. The van der Waals surface area contributed by atoms with Gasteiger partial charge in [-0.05, 0) is 13.8 Å². The highest BCUT2D eigenvalue weighted by molar-refractivity contribution is 5.99. The summed E-state index contributed by atoms with van der Waals surface area (Å²) in [5.74, 6) is 0.0310. The molecule has 2 rings (SSSR count). The monoisotopic (exact) mass is 237 g/mol. The molecule has 1 atom stereocenters. The molecular formula is C12H19N3O2. The van der Waals surface area contributed by atoms with Crippen molar-refractivity contribution in [3.05, 3.63) is 18.0 Å². The molecule has 1 aliphatic heterocycles. The number of ketones is 1. The first kappa shape index (κ1) is 12.3. The zero-order valence-electron chi connectivity index (χ0n) is 10.6. The summed E-state index contributed by atoms with van der Waals surface area (Å²) in [6.07, 6.45) is 2.98. The van der Waals surface area contributed by atoms with Crippen molar-refractivity contribution < 1.29 is 9.53 Å². The molecule has 0 amide bonds. The maximum absolute atomic E-state index is 12.2. The highest BCUT2D eigenvalue weighted by Gasteiger charge is 2.29. The van der Waals surface area contributed by atoms with Crippen LogP contribution in [0.4, 0.5) is 0 Å². The van der Waals surface area contributed by atoms with Crippen LogP contribution in [-0.2, 0) is 11.8 Å². The number of nitrogens with zero attached hydrogens (tertiary/aromatic N) is 3. The second kappa shape index (κ2) is 4.98. The van der Waals surface area contributed by atoms with Gasteiger partial charge in [-0.3, -0.25) is 14.4 Å². The standard InChI is InChI=1S/C12H19N3O2/c1-9(2)15-4-5-17-11(8-15)12(16)10-6-13-14(3)7-10/h6-7,9,11H,4-5,8H2,1-3H3. The Labute approximate surface area is 101 Å². The Kier molecular flexibility index (Phi) is 3.59. The summed E-state index contributed by atoms with van der Waals surface area (Å²) in [4.78, 5) is 14.4. The molecule has 0 bridgehead atoms. The van der Waals surface area contributed by atoms with E-state index in [4.69, 9.17) is 4.74 Å². The molecule has 2 heterocycles. The van der Waals surface area contributed by atoms with Crippen LogP contribution in [0.2, 0.25) is 0 Å². The van der Waals surface area contributed by atoms with Gasteiger partial charge in [0.15, 0.2) is 5.78 Å². The van der Waals surface area contributed by atoms with Gasteiger partial charge in [0.25, 0.3) is 0 Å². The van der Waals surface area contributed by atoms with Gasteiger partial charge in [0.1, 0.15) is 6.10 Å². The highest BCUT2D eigenvalue weighted by atomic mass is 16.5. The summed E-state index contributed by atoms with van der Waals surface area (Å²) in [5.41, 5.74) is 0.628. The summed E-state index contributed by atoms with van der Waals surface area (Å²) >= 11 is 0. The average molecular weight is 237 g/mol. The molecule has 94 valence electrons. The molecule has 0 saturated carbocycles. The number of hydrogen-bond acceptors (Lipinski definition) is 4. The summed E-state index contributed by atoms with van der Waals surface area (Å²) in [7, 11) is 1.80. The molecule has 1 unspecified atom stereocenters. The van der Waals surface area contributed by atoms with Gasteiger partial charge in [0.05, 0.1) is 18.4 Å². The van der Waals surface area contributed by atoms with Crippen LogP contribution in [0.1, 0.15) is 24.2 Å². The number of carbonyl (C=O) groups excluding carboxylic acids is 1. The Bertz CT molecular complexity index is 400. The first-order valence-electron chi connectivity index (χ1n) is 5.96. The van der Waals surface area contributed by atoms with Crippen LogP contribution in [0.5, 0.6) is 0 Å². The van der Waals surface area contributed by atoms with Crippen LogP contribution in [0, 0.1) is 0 Å². The summed E-state index contributed by atoms with van der Waals surface area (Å²) < 4.78 is 7.19. The fraction of sp³-hybridized carbons (Fsp3) is 0.667. The molecular weight excluding hydrogens is 218 g/mol. The lowest BCUT2D eigenvalue weighted by atomic mass is 10.1. The highest BCUT2D eigenvalue weighted by Crippen LogP contribution is 2.13. The predicted octanol–water partition coefficient (Wildman–Crippen LogP) is 0.712. The maximum Gasteiger partial charge on any atom is 0.196 e. The van der Waals surface area contributed by atoms with Gasteiger partial charge in [0, 0.05) is 32.4 Å². The van der Waals surface area contributed by atoms with Crippen molar-refractivity contribution in [1.29, 1.82) is 0 Å². The summed E-state index contributed by atoms with van der Waals surface area (Å²) in [6.45, 7) is 6.46. The number of Topliss-reactive ketones (excluding diaryl/α,β-unsaturated/α-hetero) is 1. The van der Waals surface area contributed by atoms with Crippen LogP contribution in [0.15, 0.2) is 12.4 Å². The molecule has 17 heavy (non-hydrogen) atoms. The smallest absolute Gasteiger partial charge is 0.196 e. The topological polar surface area (TPSA) is 47.4 Å². The minimum absolute atomic E-state index is 0.0310. The molecule has 5 nitrogen and oxygen atoms in total. The van der Waals surface area contributed by atoms with E-state index in [-0.39, 0.29) is 11.9 Å². The van der Waals surface area contributed by atoms with Crippen LogP contribution in [-0.4, -0.2) is 52.3 Å². The Morgan fingerprint density at radius 3 is 2.94 bits per heavy atom. The minimum atomic E-state index is -0.352. The summed E-state index contributed by atoms with van der Waals surface area (Å²) in [6, 6.07) is 0.447. The van der Waals surface area contributed by atoms with Crippen molar-refractivity contribution in [3.63, 3.8) is 0 Å². The van der Waals surface area contributed by atoms with Gasteiger partial charge >= 0.3 is 0 Å². The first-order valence-corrected chi connectivity index (χ1v) is 5.96. The average Bonchev–Trinajstić information content (AvgIpc) is 2.75. The van der Waals surface area contributed by atoms with Crippen molar-refractivity contribution >= 4 is 5.78 Å².